The summed E-state index contributed by atoms with van der Waals surface area (Å²) in [6.07, 6.45) is -0.293. The van der Waals surface area contributed by atoms with E-state index in [1.165, 1.54) is 0 Å². The van der Waals surface area contributed by atoms with Crippen LogP contribution in [0.25, 0.3) is 0 Å². The van der Waals surface area contributed by atoms with Crippen LogP contribution >= 0.6 is 15.9 Å². The second kappa shape index (κ2) is 7.06. The topological polar surface area (TPSA) is 59.0 Å². The molecule has 1 N–H and O–H groups in total. The van der Waals surface area contributed by atoms with Gasteiger partial charge in [0, 0.05) is 13.1 Å². The summed E-state index contributed by atoms with van der Waals surface area (Å²) in [6, 6.07) is 5.71. The SMILES string of the molecule is Cc1ccc(OCC(=O)N2CCOC(CO)C2)c(Br)c1. The van der Waals surface area contributed by atoms with Crippen LogP contribution in [-0.4, -0.2) is 54.9 Å². The number of rotatable bonds is 4. The molecular weight excluding hydrogens is 326 g/mol. The predicted octanol–water partition coefficient (Wildman–Crippen LogP) is 1.36. The van der Waals surface area contributed by atoms with Crippen molar-refractivity contribution >= 4 is 21.8 Å². The van der Waals surface area contributed by atoms with Crippen LogP contribution in [0.3, 0.4) is 0 Å². The lowest BCUT2D eigenvalue weighted by Crippen LogP contribution is -2.48. The molecule has 110 valence electrons. The van der Waals surface area contributed by atoms with Gasteiger partial charge in [-0.3, -0.25) is 4.79 Å². The highest BCUT2D eigenvalue weighted by molar-refractivity contribution is 9.10. The molecule has 0 bridgehead atoms. The van der Waals surface area contributed by atoms with Crippen LogP contribution in [0.1, 0.15) is 5.56 Å². The van der Waals surface area contributed by atoms with Crippen LogP contribution in [0.5, 0.6) is 5.75 Å². The van der Waals surface area contributed by atoms with E-state index in [9.17, 15) is 4.79 Å². The van der Waals surface area contributed by atoms with Crippen LogP contribution in [0.4, 0.5) is 0 Å². The van der Waals surface area contributed by atoms with Gasteiger partial charge in [-0.05, 0) is 40.5 Å². The molecule has 1 heterocycles. The summed E-state index contributed by atoms with van der Waals surface area (Å²) < 4.78 is 11.7. The lowest BCUT2D eigenvalue weighted by Gasteiger charge is -2.32. The van der Waals surface area contributed by atoms with Gasteiger partial charge in [0.05, 0.1) is 23.8 Å². The quantitative estimate of drug-likeness (QED) is 0.896. The molecule has 1 aromatic rings. The van der Waals surface area contributed by atoms with Gasteiger partial charge in [-0.25, -0.2) is 0 Å². The van der Waals surface area contributed by atoms with Crippen molar-refractivity contribution in [2.24, 2.45) is 0 Å². The number of benzene rings is 1. The summed E-state index contributed by atoms with van der Waals surface area (Å²) in [5, 5.41) is 9.06. The fraction of sp³-hybridized carbons (Fsp3) is 0.500. The molecule has 0 aliphatic carbocycles. The van der Waals surface area contributed by atoms with Crippen LogP contribution in [0.2, 0.25) is 0 Å². The van der Waals surface area contributed by atoms with Gasteiger partial charge in [0.1, 0.15) is 5.75 Å². The lowest BCUT2D eigenvalue weighted by atomic mass is 10.2. The third-order valence-electron chi connectivity index (χ3n) is 3.13. The van der Waals surface area contributed by atoms with Gasteiger partial charge in [-0.15, -0.1) is 0 Å². The molecule has 0 aromatic heterocycles. The first-order chi connectivity index (χ1) is 9.60. The monoisotopic (exact) mass is 343 g/mol. The molecule has 5 nitrogen and oxygen atoms in total. The standard InChI is InChI=1S/C14H18BrNO4/c1-10-2-3-13(12(15)6-10)20-9-14(18)16-4-5-19-11(7-16)8-17/h2-3,6,11,17H,4-5,7-9H2,1H3. The molecule has 1 aliphatic heterocycles. The number of hydrogen-bond donors (Lipinski definition) is 1. The first-order valence-corrected chi connectivity index (χ1v) is 7.28. The van der Waals surface area contributed by atoms with Gasteiger partial charge in [0.15, 0.2) is 6.61 Å². The highest BCUT2D eigenvalue weighted by Gasteiger charge is 2.23. The summed E-state index contributed by atoms with van der Waals surface area (Å²) >= 11 is 3.41. The number of ether oxygens (including phenoxy) is 2. The molecule has 0 saturated carbocycles. The fourth-order valence-electron chi connectivity index (χ4n) is 2.01. The lowest BCUT2D eigenvalue weighted by molar-refractivity contribution is -0.142. The van der Waals surface area contributed by atoms with Crippen LogP contribution in [0, 0.1) is 6.92 Å². The van der Waals surface area contributed by atoms with E-state index in [1.54, 1.807) is 4.90 Å². The number of carbonyl (C=O) groups excluding carboxylic acids is 1. The highest BCUT2D eigenvalue weighted by atomic mass is 79.9. The van der Waals surface area contributed by atoms with Crippen molar-refractivity contribution in [2.75, 3.05) is 32.9 Å². The number of halogens is 1. The van der Waals surface area contributed by atoms with Crippen molar-refractivity contribution in [3.63, 3.8) is 0 Å². The fourth-order valence-corrected chi connectivity index (χ4v) is 2.62. The van der Waals surface area contributed by atoms with Crippen LogP contribution in [-0.2, 0) is 9.53 Å². The molecule has 1 amide bonds. The van der Waals surface area contributed by atoms with Crippen molar-refractivity contribution in [1.29, 1.82) is 0 Å². The van der Waals surface area contributed by atoms with Gasteiger partial charge < -0.3 is 19.5 Å². The Labute approximate surface area is 126 Å². The Hall–Kier alpha value is -1.11. The predicted molar refractivity (Wildman–Crippen MR) is 77.8 cm³/mol. The van der Waals surface area contributed by atoms with Crippen molar-refractivity contribution in [3.8, 4) is 5.75 Å². The van der Waals surface area contributed by atoms with Crippen molar-refractivity contribution in [2.45, 2.75) is 13.0 Å². The molecule has 1 fully saturated rings. The molecule has 0 spiro atoms. The molecule has 1 saturated heterocycles. The van der Waals surface area contributed by atoms with Gasteiger partial charge >= 0.3 is 0 Å². The first kappa shape index (κ1) is 15.3. The second-order valence-corrected chi connectivity index (χ2v) is 5.59. The molecule has 0 radical (unpaired) electrons. The first-order valence-electron chi connectivity index (χ1n) is 6.49. The minimum Gasteiger partial charge on any atom is -0.483 e. The average molecular weight is 344 g/mol. The highest BCUT2D eigenvalue weighted by Crippen LogP contribution is 2.25. The van der Waals surface area contributed by atoms with E-state index in [0.717, 1.165) is 10.0 Å². The zero-order valence-electron chi connectivity index (χ0n) is 11.3. The maximum atomic E-state index is 12.1. The minimum absolute atomic E-state index is 0.0141. The number of hydrogen-bond acceptors (Lipinski definition) is 4. The summed E-state index contributed by atoms with van der Waals surface area (Å²) in [6.45, 7) is 3.29. The number of morpholine rings is 1. The Morgan fingerprint density at radius 1 is 1.60 bits per heavy atom. The zero-order chi connectivity index (χ0) is 14.5. The van der Waals surface area contributed by atoms with Gasteiger partial charge in [0.25, 0.3) is 5.91 Å². The van der Waals surface area contributed by atoms with Crippen LogP contribution in [0.15, 0.2) is 22.7 Å². The maximum absolute atomic E-state index is 12.1. The van der Waals surface area contributed by atoms with Crippen molar-refractivity contribution < 1.29 is 19.4 Å². The largest absolute Gasteiger partial charge is 0.483 e. The Bertz CT molecular complexity index is 480. The Balaban J connectivity index is 1.88. The summed E-state index contributed by atoms with van der Waals surface area (Å²) in [5.41, 5.74) is 1.12. The molecule has 1 atom stereocenters. The normalized spacial score (nSPS) is 18.9. The number of nitrogens with zero attached hydrogens (tertiary/aromatic N) is 1. The van der Waals surface area contributed by atoms with E-state index in [1.807, 2.05) is 25.1 Å². The molecule has 2 rings (SSSR count). The van der Waals surface area contributed by atoms with E-state index in [-0.39, 0.29) is 25.2 Å². The molecule has 1 unspecified atom stereocenters. The number of carbonyl (C=O) groups is 1. The Morgan fingerprint density at radius 3 is 3.10 bits per heavy atom. The van der Waals surface area contributed by atoms with E-state index in [2.05, 4.69) is 15.9 Å². The summed E-state index contributed by atoms with van der Waals surface area (Å²) in [7, 11) is 0. The van der Waals surface area contributed by atoms with Crippen LogP contribution < -0.4 is 4.74 Å². The van der Waals surface area contributed by atoms with E-state index < -0.39 is 0 Å². The smallest absolute Gasteiger partial charge is 0.260 e. The number of amides is 1. The maximum Gasteiger partial charge on any atom is 0.260 e. The van der Waals surface area contributed by atoms with Gasteiger partial charge in [0.2, 0.25) is 0 Å². The summed E-state index contributed by atoms with van der Waals surface area (Å²) in [4.78, 5) is 13.7. The average Bonchev–Trinajstić information content (AvgIpc) is 2.46. The van der Waals surface area contributed by atoms with Crippen molar-refractivity contribution in [3.05, 3.63) is 28.2 Å². The summed E-state index contributed by atoms with van der Waals surface area (Å²) in [5.74, 6) is 0.551. The number of aliphatic hydroxyl groups excluding tert-OH is 1. The number of aliphatic hydroxyl groups is 1. The Morgan fingerprint density at radius 2 is 2.40 bits per heavy atom. The van der Waals surface area contributed by atoms with E-state index in [4.69, 9.17) is 14.6 Å². The van der Waals surface area contributed by atoms with Crippen molar-refractivity contribution in [1.82, 2.24) is 4.90 Å². The molecule has 1 aromatic carbocycles. The third kappa shape index (κ3) is 3.94. The number of aryl methyl sites for hydroxylation is 1. The van der Waals surface area contributed by atoms with Gasteiger partial charge in [-0.2, -0.15) is 0 Å². The molecule has 20 heavy (non-hydrogen) atoms. The van der Waals surface area contributed by atoms with Gasteiger partial charge in [-0.1, -0.05) is 6.07 Å². The molecular formula is C14H18BrNO4. The minimum atomic E-state index is -0.293. The van der Waals surface area contributed by atoms with E-state index >= 15 is 0 Å². The Kier molecular flexibility index (Phi) is 5.39. The second-order valence-electron chi connectivity index (χ2n) is 4.74. The molecule has 1 aliphatic rings. The third-order valence-corrected chi connectivity index (χ3v) is 3.75. The molecule has 6 heteroatoms. The zero-order valence-corrected chi connectivity index (χ0v) is 12.9. The van der Waals surface area contributed by atoms with E-state index in [0.29, 0.717) is 25.4 Å².